The zero-order valence-electron chi connectivity index (χ0n) is 26.7. The first-order chi connectivity index (χ1) is 20.6. The quantitative estimate of drug-likeness (QED) is 0.183. The molecule has 8 atom stereocenters. The molecule has 0 aromatic carbocycles. The Bertz CT molecular complexity index is 1450. The molecule has 3 fully saturated rings. The molecule has 0 unspecified atom stereocenters. The van der Waals surface area contributed by atoms with Gasteiger partial charge in [0.2, 0.25) is 6.10 Å². The third-order valence-corrected chi connectivity index (χ3v) is 11.0. The number of fused-ring (bicyclic) bond motifs is 5. The van der Waals surface area contributed by atoms with Gasteiger partial charge in [-0.05, 0) is 50.7 Å². The van der Waals surface area contributed by atoms with Crippen molar-refractivity contribution in [1.29, 1.82) is 0 Å². The van der Waals surface area contributed by atoms with Crippen LogP contribution in [0.15, 0.2) is 45.8 Å². The van der Waals surface area contributed by atoms with Crippen LogP contribution in [0.25, 0.3) is 0 Å². The van der Waals surface area contributed by atoms with Gasteiger partial charge in [0.25, 0.3) is 0 Å². The Morgan fingerprint density at radius 2 is 1.82 bits per heavy atom. The van der Waals surface area contributed by atoms with Crippen LogP contribution in [0, 0.1) is 34.0 Å². The average Bonchev–Trinajstić information content (AvgIpc) is 3.50. The highest BCUT2D eigenvalue weighted by atomic mass is 16.6. The van der Waals surface area contributed by atoms with Crippen LogP contribution < -0.4 is 0 Å². The van der Waals surface area contributed by atoms with Crippen molar-refractivity contribution in [1.82, 2.24) is 0 Å². The van der Waals surface area contributed by atoms with Crippen LogP contribution in [0.1, 0.15) is 85.8 Å². The Balaban J connectivity index is 1.74. The van der Waals surface area contributed by atoms with Crippen LogP contribution in [0.4, 0.5) is 0 Å². The van der Waals surface area contributed by atoms with Crippen molar-refractivity contribution in [2.45, 2.75) is 92.5 Å². The number of allylic oxidation sites excluding steroid dienone is 2. The van der Waals surface area contributed by atoms with Crippen LogP contribution in [-0.2, 0) is 42.9 Å². The molecule has 0 amide bonds. The maximum absolute atomic E-state index is 14.7. The molecule has 2 saturated carbocycles. The average molecular weight is 611 g/mol. The lowest BCUT2D eigenvalue weighted by molar-refractivity contribution is -0.217. The molecule has 238 valence electrons. The van der Waals surface area contributed by atoms with E-state index in [2.05, 4.69) is 6.92 Å². The first-order valence-corrected chi connectivity index (χ1v) is 15.2. The van der Waals surface area contributed by atoms with Crippen molar-refractivity contribution < 1.29 is 47.3 Å². The second-order valence-electron chi connectivity index (χ2n) is 13.7. The van der Waals surface area contributed by atoms with Gasteiger partial charge in [-0.1, -0.05) is 39.3 Å². The number of hydrogen-bond donors (Lipinski definition) is 0. The lowest BCUT2D eigenvalue weighted by Gasteiger charge is -2.64. The number of rotatable bonds is 6. The summed E-state index contributed by atoms with van der Waals surface area (Å²) >= 11 is 0. The van der Waals surface area contributed by atoms with Crippen LogP contribution in [-0.4, -0.2) is 49.0 Å². The molecule has 1 saturated heterocycles. The van der Waals surface area contributed by atoms with Gasteiger partial charge in [0.05, 0.1) is 32.0 Å². The molecule has 44 heavy (non-hydrogen) atoms. The highest BCUT2D eigenvalue weighted by molar-refractivity contribution is 5.94. The molecule has 10 nitrogen and oxygen atoms in total. The van der Waals surface area contributed by atoms with Crippen LogP contribution in [0.2, 0.25) is 0 Å². The number of Topliss-reactive ketones (excluding diaryl/α,β-unsaturated/α-hetero) is 1. The molecule has 1 aliphatic heterocycles. The Hall–Kier alpha value is -3.69. The standard InChI is InChI=1S/C34H42O10/c1-9-17(2)30(38)44-29-21-14-20-22(10-12-33(6)23(20)15-24(36)43-28(33)19-11-13-41-16-19)34(7,27(21)37)26(32(29,4)5)25(31(39)40-8)42-18(3)35/h9,11,13,16,21-22,25-26,28-29H,10,12,14-15H2,1-8H3/b17-9+/t21-,22+,25-,26+,28+,29-,33-,34-/m1/s1. The first kappa shape index (κ1) is 31.7. The molecule has 0 spiro atoms. The molecule has 4 aliphatic rings. The highest BCUT2D eigenvalue weighted by Crippen LogP contribution is 2.68. The Kier molecular flexibility index (Phi) is 7.96. The minimum atomic E-state index is -1.43. The minimum Gasteiger partial charge on any atom is -0.472 e. The number of carbonyl (C=O) groups is 5. The summed E-state index contributed by atoms with van der Waals surface area (Å²) in [7, 11) is 1.21. The molecule has 1 aromatic rings. The fourth-order valence-corrected chi connectivity index (χ4v) is 8.98. The second kappa shape index (κ2) is 11.0. The van der Waals surface area contributed by atoms with Crippen molar-refractivity contribution in [3.05, 3.63) is 47.0 Å². The van der Waals surface area contributed by atoms with Crippen LogP contribution in [0.3, 0.4) is 0 Å². The fraction of sp³-hybridized carbons (Fsp3) is 0.618. The molecular formula is C34H42O10. The van der Waals surface area contributed by atoms with Crippen molar-refractivity contribution in [2.75, 3.05) is 7.11 Å². The SMILES string of the molecule is C/C=C(\C)C(=O)O[C@@H]1[C@@H]2CC3=C4CC(=O)O[C@@H](c5ccoc5)[C@]4(C)CC[C@@H]3[C@@](C)(C2=O)[C@@H]([C@@H](OC(C)=O)C(=O)OC)C1(C)C. The van der Waals surface area contributed by atoms with Crippen LogP contribution in [0.5, 0.6) is 0 Å². The van der Waals surface area contributed by atoms with Crippen molar-refractivity contribution >= 4 is 29.7 Å². The molecule has 2 bridgehead atoms. The molecular weight excluding hydrogens is 568 g/mol. The predicted molar refractivity (Wildman–Crippen MR) is 155 cm³/mol. The number of carbonyl (C=O) groups excluding carboxylic acids is 5. The van der Waals surface area contributed by atoms with E-state index in [1.807, 2.05) is 20.8 Å². The van der Waals surface area contributed by atoms with Gasteiger partial charge in [-0.2, -0.15) is 0 Å². The molecule has 1 aromatic heterocycles. The van der Waals surface area contributed by atoms with E-state index in [0.717, 1.165) is 16.7 Å². The van der Waals surface area contributed by atoms with Crippen molar-refractivity contribution in [3.8, 4) is 0 Å². The fourth-order valence-electron chi connectivity index (χ4n) is 8.98. The Morgan fingerprint density at radius 3 is 2.41 bits per heavy atom. The Labute approximate surface area is 257 Å². The highest BCUT2D eigenvalue weighted by Gasteiger charge is 2.71. The van der Waals surface area contributed by atoms with Gasteiger partial charge in [-0.25, -0.2) is 9.59 Å². The van der Waals surface area contributed by atoms with E-state index < -0.39 is 64.3 Å². The monoisotopic (exact) mass is 610 g/mol. The van der Waals surface area contributed by atoms with Gasteiger partial charge in [-0.15, -0.1) is 0 Å². The first-order valence-electron chi connectivity index (χ1n) is 15.2. The summed E-state index contributed by atoms with van der Waals surface area (Å²) in [5.74, 6) is -4.60. The number of methoxy groups -OCH3 is 1. The van der Waals surface area contributed by atoms with E-state index in [4.69, 9.17) is 23.4 Å². The summed E-state index contributed by atoms with van der Waals surface area (Å²) in [6.45, 7) is 12.2. The number of esters is 4. The van der Waals surface area contributed by atoms with Crippen LogP contribution >= 0.6 is 0 Å². The number of ether oxygens (including phenoxy) is 4. The third-order valence-electron chi connectivity index (χ3n) is 11.0. The maximum atomic E-state index is 14.7. The molecule has 5 rings (SSSR count). The third kappa shape index (κ3) is 4.63. The molecule has 3 aliphatic carbocycles. The van der Waals surface area contributed by atoms with E-state index in [1.165, 1.54) is 14.0 Å². The lowest BCUT2D eigenvalue weighted by atomic mass is 9.40. The van der Waals surface area contributed by atoms with E-state index in [-0.39, 0.29) is 24.1 Å². The summed E-state index contributed by atoms with van der Waals surface area (Å²) in [5.41, 5.74) is 0.209. The van der Waals surface area contributed by atoms with E-state index in [0.29, 0.717) is 24.8 Å². The van der Waals surface area contributed by atoms with Gasteiger partial charge >= 0.3 is 23.9 Å². The molecule has 0 N–H and O–H groups in total. The van der Waals surface area contributed by atoms with Crippen molar-refractivity contribution in [2.24, 2.45) is 34.0 Å². The summed E-state index contributed by atoms with van der Waals surface area (Å²) in [6, 6.07) is 1.79. The smallest absolute Gasteiger partial charge is 0.347 e. The topological polar surface area (TPSA) is 135 Å². The summed E-state index contributed by atoms with van der Waals surface area (Å²) in [6.07, 6.45) is 3.34. The number of hydrogen-bond acceptors (Lipinski definition) is 10. The van der Waals surface area contributed by atoms with Gasteiger partial charge < -0.3 is 23.4 Å². The molecule has 2 heterocycles. The number of cyclic esters (lactones) is 1. The van der Waals surface area contributed by atoms with E-state index in [1.54, 1.807) is 38.5 Å². The van der Waals surface area contributed by atoms with Gasteiger partial charge in [0.1, 0.15) is 18.0 Å². The molecule has 10 heteroatoms. The minimum absolute atomic E-state index is 0.0637. The summed E-state index contributed by atoms with van der Waals surface area (Å²) in [5, 5.41) is 0. The van der Waals surface area contributed by atoms with Gasteiger partial charge in [0.15, 0.2) is 0 Å². The van der Waals surface area contributed by atoms with Gasteiger partial charge in [-0.3, -0.25) is 14.4 Å². The Morgan fingerprint density at radius 1 is 1.11 bits per heavy atom. The normalized spacial score (nSPS) is 35.1. The number of ketones is 1. The summed E-state index contributed by atoms with van der Waals surface area (Å²) in [4.78, 5) is 66.9. The number of furan rings is 1. The van der Waals surface area contributed by atoms with E-state index >= 15 is 0 Å². The van der Waals surface area contributed by atoms with Crippen molar-refractivity contribution in [3.63, 3.8) is 0 Å². The zero-order valence-corrected chi connectivity index (χ0v) is 26.7. The summed E-state index contributed by atoms with van der Waals surface area (Å²) < 4.78 is 28.2. The predicted octanol–water partition coefficient (Wildman–Crippen LogP) is 5.21. The lowest BCUT2D eigenvalue weighted by Crippen LogP contribution is -2.70. The van der Waals surface area contributed by atoms with E-state index in [9.17, 15) is 24.0 Å². The maximum Gasteiger partial charge on any atom is 0.347 e. The van der Waals surface area contributed by atoms with Gasteiger partial charge in [0, 0.05) is 40.2 Å². The largest absolute Gasteiger partial charge is 0.472 e. The molecule has 0 radical (unpaired) electrons. The zero-order chi connectivity index (χ0) is 32.4. The second-order valence-corrected chi connectivity index (χ2v) is 13.7.